The van der Waals surface area contributed by atoms with Gasteiger partial charge in [-0.05, 0) is 11.6 Å². The highest BCUT2D eigenvalue weighted by Crippen LogP contribution is 2.29. The molecule has 0 spiro atoms. The fourth-order valence-electron chi connectivity index (χ4n) is 4.11. The Hall–Kier alpha value is -5.33. The Balaban J connectivity index is 0.000000212. The van der Waals surface area contributed by atoms with Gasteiger partial charge < -0.3 is 9.47 Å². The average Bonchev–Trinajstić information content (AvgIpc) is 3.70. The molecule has 5 aromatic heterocycles. The summed E-state index contributed by atoms with van der Waals surface area (Å²) in [6, 6.07) is 9.87. The number of rotatable bonds is 7. The molecule has 0 atom stereocenters. The van der Waals surface area contributed by atoms with Gasteiger partial charge in [-0.2, -0.15) is 35.1 Å². The van der Waals surface area contributed by atoms with Crippen LogP contribution in [0.15, 0.2) is 67.4 Å². The van der Waals surface area contributed by atoms with Crippen molar-refractivity contribution < 1.29 is 44.6 Å². The van der Waals surface area contributed by atoms with Gasteiger partial charge in [-0.15, -0.1) is 20.4 Å². The molecule has 0 amide bonds. The number of alkyl halides is 8. The van der Waals surface area contributed by atoms with Gasteiger partial charge in [0.1, 0.15) is 0 Å². The second-order valence-electron chi connectivity index (χ2n) is 9.85. The minimum Gasteiger partial charge on any atom is -0.468 e. The highest BCUT2D eigenvalue weighted by Gasteiger charge is 2.37. The van der Waals surface area contributed by atoms with Crippen molar-refractivity contribution in [3.63, 3.8) is 0 Å². The van der Waals surface area contributed by atoms with Crippen LogP contribution in [0.5, 0.6) is 5.88 Å². The fourth-order valence-corrected chi connectivity index (χ4v) is 4.11. The minimum absolute atomic E-state index is 0.0482. The third kappa shape index (κ3) is 9.18. The van der Waals surface area contributed by atoms with E-state index in [0.29, 0.717) is 30.4 Å². The highest BCUT2D eigenvalue weighted by molar-refractivity contribution is 5.60. The number of methoxy groups -OCH3 is 1. The molecule has 0 aliphatic carbocycles. The van der Waals surface area contributed by atoms with Crippen LogP contribution in [-0.4, -0.2) is 64.0 Å². The lowest BCUT2D eigenvalue weighted by molar-refractivity contribution is -0.154. The van der Waals surface area contributed by atoms with E-state index in [2.05, 4.69) is 40.1 Å². The predicted molar refractivity (Wildman–Crippen MR) is 158 cm³/mol. The van der Waals surface area contributed by atoms with Crippen LogP contribution in [0, 0.1) is 0 Å². The average molecular weight is 698 g/mol. The van der Waals surface area contributed by atoms with Crippen molar-refractivity contribution in [1.82, 2.24) is 44.1 Å². The zero-order chi connectivity index (χ0) is 36.0. The van der Waals surface area contributed by atoms with Crippen LogP contribution >= 0.6 is 0 Å². The van der Waals surface area contributed by atoms with Crippen LogP contribution < -0.4 is 4.74 Å². The van der Waals surface area contributed by atoms with Gasteiger partial charge in [-0.25, -0.2) is 4.98 Å². The van der Waals surface area contributed by atoms with E-state index in [1.165, 1.54) is 43.1 Å². The Morgan fingerprint density at radius 2 is 1.18 bits per heavy atom. The lowest BCUT2D eigenvalue weighted by atomic mass is 10.1. The van der Waals surface area contributed by atoms with E-state index in [9.17, 15) is 35.1 Å². The summed E-state index contributed by atoms with van der Waals surface area (Å²) in [6.07, 6.45) is -2.71. The maximum atomic E-state index is 13.5. The number of halogens is 8. The van der Waals surface area contributed by atoms with Crippen molar-refractivity contribution in [3.8, 4) is 28.4 Å². The van der Waals surface area contributed by atoms with Gasteiger partial charge in [0.2, 0.25) is 17.5 Å². The minimum atomic E-state index is -4.57. The van der Waals surface area contributed by atoms with Gasteiger partial charge in [0, 0.05) is 49.8 Å². The first-order valence-corrected chi connectivity index (χ1v) is 14.2. The quantitative estimate of drug-likeness (QED) is 0.159. The molecule has 0 radical (unpaired) electrons. The van der Waals surface area contributed by atoms with Gasteiger partial charge in [-0.3, -0.25) is 18.8 Å². The summed E-state index contributed by atoms with van der Waals surface area (Å²) in [5.41, 5.74) is 2.93. The van der Waals surface area contributed by atoms with Crippen molar-refractivity contribution in [2.24, 2.45) is 0 Å². The summed E-state index contributed by atoms with van der Waals surface area (Å²) < 4.78 is 113. The molecule has 260 valence electrons. The summed E-state index contributed by atoms with van der Waals surface area (Å²) in [5, 5.41) is 13.7. The summed E-state index contributed by atoms with van der Waals surface area (Å²) in [7, 11) is 1.59. The maximum Gasteiger partial charge on any atom is 0.452 e. The Morgan fingerprint density at radius 1 is 0.653 bits per heavy atom. The number of hydrogen-bond acceptors (Lipinski definition) is 9. The van der Waals surface area contributed by atoms with E-state index < -0.39 is 36.5 Å². The van der Waals surface area contributed by atoms with Gasteiger partial charge in [0.25, 0.3) is 0 Å². The van der Waals surface area contributed by atoms with Crippen molar-refractivity contribution in [1.29, 1.82) is 0 Å². The smallest absolute Gasteiger partial charge is 0.452 e. The normalized spacial score (nSPS) is 11.9. The Labute approximate surface area is 272 Å². The molecular formula is C30H27F8N9O2. The molecule has 0 fully saturated rings. The summed E-state index contributed by atoms with van der Waals surface area (Å²) >= 11 is 0. The van der Waals surface area contributed by atoms with E-state index in [1.807, 2.05) is 26.0 Å². The molecule has 6 rings (SSSR count). The van der Waals surface area contributed by atoms with Crippen molar-refractivity contribution >= 4 is 11.3 Å². The molecule has 49 heavy (non-hydrogen) atoms. The van der Waals surface area contributed by atoms with Gasteiger partial charge >= 0.3 is 18.3 Å². The number of nitrogens with zero attached hydrogens (tertiary/aromatic N) is 9. The van der Waals surface area contributed by atoms with E-state index >= 15 is 0 Å². The highest BCUT2D eigenvalue weighted by atomic mass is 19.4. The Kier molecular flexibility index (Phi) is 11.1. The largest absolute Gasteiger partial charge is 0.468 e. The lowest BCUT2D eigenvalue weighted by Gasteiger charge is -2.09. The van der Waals surface area contributed by atoms with Crippen molar-refractivity contribution in [3.05, 3.63) is 84.6 Å². The number of hydrogen-bond donors (Lipinski definition) is 0. The number of pyridine rings is 1. The standard InChI is InChI=1S/C14H10F5N5O.C14H11F3N4O.C2H6/c1-13(15,16)12-23-22-10-5-20-9(6-24(10)12)8-2-3-11(21-4-8)25-7-14(17,18)19;1-22-8-9-2-4-10(5-3-9)11-7-21-12(6-18-11)19-20-13(21)14(15,16)17;1-2/h2-6H,7H2,1H3;2-7H,8H2,1H3;1-2H3. The van der Waals surface area contributed by atoms with Crippen LogP contribution in [0.25, 0.3) is 33.8 Å². The van der Waals surface area contributed by atoms with Crippen LogP contribution in [-0.2, 0) is 23.4 Å². The molecule has 11 nitrogen and oxygen atoms in total. The van der Waals surface area contributed by atoms with Crippen LogP contribution in [0.1, 0.15) is 38.0 Å². The maximum absolute atomic E-state index is 13.5. The van der Waals surface area contributed by atoms with Gasteiger partial charge in [0.05, 0.1) is 30.4 Å². The summed E-state index contributed by atoms with van der Waals surface area (Å²) in [5.74, 6) is -5.04. The van der Waals surface area contributed by atoms with E-state index in [0.717, 1.165) is 14.4 Å². The number of benzene rings is 1. The molecule has 0 bridgehead atoms. The van der Waals surface area contributed by atoms with Crippen molar-refractivity contribution in [2.75, 3.05) is 13.7 Å². The van der Waals surface area contributed by atoms with E-state index in [-0.39, 0.29) is 22.9 Å². The first-order chi connectivity index (χ1) is 23.1. The molecule has 0 aliphatic rings. The van der Waals surface area contributed by atoms with Crippen LogP contribution in [0.2, 0.25) is 0 Å². The van der Waals surface area contributed by atoms with Gasteiger partial charge in [-0.1, -0.05) is 38.1 Å². The molecule has 0 saturated carbocycles. The molecular weight excluding hydrogens is 670 g/mol. The zero-order valence-electron chi connectivity index (χ0n) is 26.1. The van der Waals surface area contributed by atoms with Crippen molar-refractivity contribution in [2.45, 2.75) is 45.7 Å². The molecule has 6 aromatic rings. The molecule has 0 aliphatic heterocycles. The number of aromatic nitrogens is 9. The lowest BCUT2D eigenvalue weighted by Crippen LogP contribution is -2.19. The zero-order valence-corrected chi connectivity index (χ0v) is 26.1. The predicted octanol–water partition coefficient (Wildman–Crippen LogP) is 7.22. The van der Waals surface area contributed by atoms with E-state index in [1.54, 1.807) is 19.2 Å². The molecule has 19 heteroatoms. The topological polar surface area (TPSA) is 118 Å². The summed E-state index contributed by atoms with van der Waals surface area (Å²) in [4.78, 5) is 11.9. The SMILES string of the molecule is CC.CC(F)(F)c1nnc2cnc(-c3ccc(OCC(F)(F)F)nc3)cn12.COCc1ccc(-c2cn3c(C(F)(F)F)nnc3cn2)cc1. The molecule has 0 N–H and O–H groups in total. The molecule has 0 saturated heterocycles. The van der Waals surface area contributed by atoms with Crippen LogP contribution in [0.4, 0.5) is 35.1 Å². The first-order valence-electron chi connectivity index (χ1n) is 14.2. The van der Waals surface area contributed by atoms with Gasteiger partial charge in [0.15, 0.2) is 17.9 Å². The summed E-state index contributed by atoms with van der Waals surface area (Å²) in [6.45, 7) is 3.70. The second-order valence-corrected chi connectivity index (χ2v) is 9.85. The number of fused-ring (bicyclic) bond motifs is 2. The fraction of sp³-hybridized carbons (Fsp3) is 0.300. The van der Waals surface area contributed by atoms with Crippen LogP contribution in [0.3, 0.4) is 0 Å². The monoisotopic (exact) mass is 697 g/mol. The Bertz CT molecular complexity index is 1970. The number of ether oxygens (including phenoxy) is 2. The molecule has 5 heterocycles. The molecule has 1 aromatic carbocycles. The second kappa shape index (κ2) is 14.8. The third-order valence-corrected chi connectivity index (χ3v) is 6.21. The molecule has 0 unspecified atom stereocenters. The third-order valence-electron chi connectivity index (χ3n) is 6.21. The Morgan fingerprint density at radius 3 is 1.67 bits per heavy atom. The first kappa shape index (κ1) is 36.5. The van der Waals surface area contributed by atoms with E-state index in [4.69, 9.17) is 4.74 Å².